The standard InChI is InChI=1S/C16H10ClFIN3O3/c17-15(23)8-25-22-16(24)11-3-1-9(7-20)5-14(11)21-13-4-2-10(19)6-12(13)18/h1-6,21H,8H2,(H,22,24). The quantitative estimate of drug-likeness (QED) is 0.381. The molecule has 0 radical (unpaired) electrons. The molecular formula is C16H10ClFIN3O3. The number of amides is 1. The van der Waals surface area contributed by atoms with Crippen molar-refractivity contribution in [1.29, 1.82) is 5.26 Å². The second-order valence-electron chi connectivity index (χ2n) is 4.70. The van der Waals surface area contributed by atoms with Gasteiger partial charge in [-0.3, -0.25) is 14.4 Å². The first-order valence-electron chi connectivity index (χ1n) is 6.77. The van der Waals surface area contributed by atoms with Crippen molar-refractivity contribution in [3.8, 4) is 6.07 Å². The van der Waals surface area contributed by atoms with Crippen LogP contribution in [0, 0.1) is 20.7 Å². The number of hydroxylamine groups is 1. The molecule has 2 rings (SSSR count). The zero-order valence-electron chi connectivity index (χ0n) is 12.5. The fourth-order valence-electron chi connectivity index (χ4n) is 1.86. The lowest BCUT2D eigenvalue weighted by Crippen LogP contribution is -2.26. The van der Waals surface area contributed by atoms with Gasteiger partial charge < -0.3 is 5.32 Å². The fourth-order valence-corrected chi connectivity index (χ4v) is 2.37. The Morgan fingerprint density at radius 3 is 2.64 bits per heavy atom. The van der Waals surface area contributed by atoms with E-state index < -0.39 is 23.6 Å². The first-order chi connectivity index (χ1) is 11.9. The maximum Gasteiger partial charge on any atom is 0.276 e. The van der Waals surface area contributed by atoms with Crippen LogP contribution in [-0.2, 0) is 9.63 Å². The van der Waals surface area contributed by atoms with Crippen LogP contribution >= 0.6 is 34.2 Å². The normalized spacial score (nSPS) is 10.0. The predicted octanol–water partition coefficient (Wildman–Crippen LogP) is 3.47. The summed E-state index contributed by atoms with van der Waals surface area (Å²) in [5, 5.41) is 11.0. The highest BCUT2D eigenvalue weighted by Crippen LogP contribution is 2.25. The minimum Gasteiger partial charge on any atom is -0.352 e. The van der Waals surface area contributed by atoms with E-state index in [9.17, 15) is 14.0 Å². The van der Waals surface area contributed by atoms with Crippen molar-refractivity contribution in [3.63, 3.8) is 0 Å². The topological polar surface area (TPSA) is 91.2 Å². The van der Waals surface area contributed by atoms with E-state index in [4.69, 9.17) is 16.9 Å². The van der Waals surface area contributed by atoms with Crippen LogP contribution in [-0.4, -0.2) is 17.8 Å². The van der Waals surface area contributed by atoms with E-state index in [1.165, 1.54) is 30.3 Å². The average Bonchev–Trinajstić information content (AvgIpc) is 2.56. The van der Waals surface area contributed by atoms with Gasteiger partial charge in [-0.1, -0.05) is 0 Å². The van der Waals surface area contributed by atoms with E-state index in [1.807, 2.05) is 28.7 Å². The molecule has 0 aromatic heterocycles. The van der Waals surface area contributed by atoms with Crippen LogP contribution in [0.5, 0.6) is 0 Å². The largest absolute Gasteiger partial charge is 0.352 e. The van der Waals surface area contributed by atoms with E-state index in [2.05, 4.69) is 15.6 Å². The van der Waals surface area contributed by atoms with Crippen molar-refractivity contribution in [3.05, 3.63) is 56.9 Å². The van der Waals surface area contributed by atoms with Crippen LogP contribution in [0.4, 0.5) is 15.8 Å². The highest BCUT2D eigenvalue weighted by Gasteiger charge is 2.15. The summed E-state index contributed by atoms with van der Waals surface area (Å²) in [6.45, 7) is -0.502. The van der Waals surface area contributed by atoms with Crippen LogP contribution in [0.25, 0.3) is 0 Å². The van der Waals surface area contributed by atoms with Crippen LogP contribution in [0.1, 0.15) is 15.9 Å². The molecule has 9 heteroatoms. The minimum atomic E-state index is -0.778. The number of carbonyl (C=O) groups excluding carboxylic acids is 2. The molecule has 1 amide bonds. The summed E-state index contributed by atoms with van der Waals surface area (Å²) in [7, 11) is 0. The molecule has 0 spiro atoms. The molecule has 0 aliphatic carbocycles. The van der Waals surface area contributed by atoms with Crippen LogP contribution in [0.2, 0.25) is 0 Å². The molecule has 0 saturated heterocycles. The Balaban J connectivity index is 2.30. The molecule has 2 aromatic carbocycles. The van der Waals surface area contributed by atoms with Gasteiger partial charge in [0.05, 0.1) is 28.6 Å². The molecule has 2 aromatic rings. The lowest BCUT2D eigenvalue weighted by molar-refractivity contribution is -0.117. The Kier molecular flexibility index (Phi) is 6.69. The second kappa shape index (κ2) is 8.75. The van der Waals surface area contributed by atoms with Gasteiger partial charge in [-0.25, -0.2) is 9.87 Å². The Labute approximate surface area is 161 Å². The molecule has 0 aliphatic rings. The van der Waals surface area contributed by atoms with Gasteiger partial charge in [0.15, 0.2) is 0 Å². The number of rotatable bonds is 6. The molecule has 0 heterocycles. The molecule has 0 aliphatic heterocycles. The number of halogens is 3. The molecular weight excluding hydrogens is 464 g/mol. The SMILES string of the molecule is N#Cc1ccc(C(=O)NOCC(=O)Cl)c(Nc2ccc(I)cc2F)c1. The van der Waals surface area contributed by atoms with Crippen LogP contribution < -0.4 is 10.8 Å². The van der Waals surface area contributed by atoms with E-state index in [1.54, 1.807) is 6.07 Å². The third kappa shape index (κ3) is 5.38. The smallest absolute Gasteiger partial charge is 0.276 e. The summed E-state index contributed by atoms with van der Waals surface area (Å²) < 4.78 is 14.7. The van der Waals surface area contributed by atoms with Crippen LogP contribution in [0.3, 0.4) is 0 Å². The van der Waals surface area contributed by atoms with Gasteiger partial charge in [-0.15, -0.1) is 0 Å². The zero-order valence-corrected chi connectivity index (χ0v) is 15.4. The molecule has 0 unspecified atom stereocenters. The first kappa shape index (κ1) is 19.1. The summed E-state index contributed by atoms with van der Waals surface area (Å²) in [6, 6.07) is 10.7. The summed E-state index contributed by atoms with van der Waals surface area (Å²) >= 11 is 7.08. The Morgan fingerprint density at radius 1 is 1.24 bits per heavy atom. The van der Waals surface area contributed by atoms with Crippen molar-refractivity contribution in [1.82, 2.24) is 5.48 Å². The van der Waals surface area contributed by atoms with Crippen molar-refractivity contribution >= 4 is 56.7 Å². The highest BCUT2D eigenvalue weighted by atomic mass is 127. The number of nitriles is 1. The fraction of sp³-hybridized carbons (Fsp3) is 0.0625. The maximum absolute atomic E-state index is 14.0. The average molecular weight is 474 g/mol. The van der Waals surface area contributed by atoms with E-state index >= 15 is 0 Å². The van der Waals surface area contributed by atoms with E-state index in [0.717, 1.165) is 0 Å². The summed E-state index contributed by atoms with van der Waals surface area (Å²) in [4.78, 5) is 27.4. The lowest BCUT2D eigenvalue weighted by atomic mass is 10.1. The number of carbonyl (C=O) groups is 2. The van der Waals surface area contributed by atoms with Crippen molar-refractivity contribution in [2.24, 2.45) is 0 Å². The number of hydrogen-bond acceptors (Lipinski definition) is 5. The molecule has 2 N–H and O–H groups in total. The number of benzene rings is 2. The zero-order chi connectivity index (χ0) is 18.4. The molecule has 128 valence electrons. The van der Waals surface area contributed by atoms with E-state index in [-0.39, 0.29) is 22.5 Å². The summed E-state index contributed by atoms with van der Waals surface area (Å²) in [5.74, 6) is -1.19. The van der Waals surface area contributed by atoms with Gasteiger partial charge in [0.25, 0.3) is 5.91 Å². The first-order valence-corrected chi connectivity index (χ1v) is 8.23. The third-order valence-corrected chi connectivity index (χ3v) is 3.72. The van der Waals surface area contributed by atoms with Crippen molar-refractivity contribution in [2.45, 2.75) is 0 Å². The molecule has 0 bridgehead atoms. The van der Waals surface area contributed by atoms with Gasteiger partial charge in [0, 0.05) is 3.57 Å². The minimum absolute atomic E-state index is 0.0963. The van der Waals surface area contributed by atoms with Gasteiger partial charge >= 0.3 is 0 Å². The monoisotopic (exact) mass is 473 g/mol. The Morgan fingerprint density at radius 2 is 2.00 bits per heavy atom. The van der Waals surface area contributed by atoms with Gasteiger partial charge in [-0.05, 0) is 70.6 Å². The molecule has 0 saturated carbocycles. The molecule has 25 heavy (non-hydrogen) atoms. The van der Waals surface area contributed by atoms with Gasteiger partial charge in [-0.2, -0.15) is 5.26 Å². The molecule has 0 fully saturated rings. The van der Waals surface area contributed by atoms with Gasteiger partial charge in [0.2, 0.25) is 5.24 Å². The predicted molar refractivity (Wildman–Crippen MR) is 97.8 cm³/mol. The van der Waals surface area contributed by atoms with Crippen molar-refractivity contribution < 1.29 is 18.8 Å². The Hall–Kier alpha value is -2.22. The van der Waals surface area contributed by atoms with Gasteiger partial charge in [0.1, 0.15) is 12.4 Å². The summed E-state index contributed by atoms with van der Waals surface area (Å²) in [5.41, 5.74) is 2.78. The van der Waals surface area contributed by atoms with Crippen molar-refractivity contribution in [2.75, 3.05) is 11.9 Å². The summed E-state index contributed by atoms with van der Waals surface area (Å²) in [6.07, 6.45) is 0. The number of nitrogens with one attached hydrogen (secondary N) is 2. The van der Waals surface area contributed by atoms with Crippen LogP contribution in [0.15, 0.2) is 36.4 Å². The maximum atomic E-state index is 14.0. The number of nitrogens with zero attached hydrogens (tertiary/aromatic N) is 1. The number of anilines is 2. The second-order valence-corrected chi connectivity index (χ2v) is 6.36. The Bertz CT molecular complexity index is 870. The van der Waals surface area contributed by atoms with E-state index in [0.29, 0.717) is 3.57 Å². The highest BCUT2D eigenvalue weighted by molar-refractivity contribution is 14.1. The third-order valence-electron chi connectivity index (χ3n) is 2.94. The molecule has 0 atom stereocenters. The lowest BCUT2D eigenvalue weighted by Gasteiger charge is -2.13. The number of hydrogen-bond donors (Lipinski definition) is 2. The molecule has 6 nitrogen and oxygen atoms in total.